The summed E-state index contributed by atoms with van der Waals surface area (Å²) in [5.74, 6) is -1.72. The summed E-state index contributed by atoms with van der Waals surface area (Å²) in [6.07, 6.45) is 1.70. The zero-order valence-electron chi connectivity index (χ0n) is 14.2. The normalized spacial score (nSPS) is 11.9. The van der Waals surface area contributed by atoms with Crippen LogP contribution in [-0.2, 0) is 4.79 Å². The lowest BCUT2D eigenvalue weighted by atomic mass is 9.91. The van der Waals surface area contributed by atoms with Gasteiger partial charge in [0.05, 0.1) is 6.42 Å². The Morgan fingerprint density at radius 1 is 1.19 bits per heavy atom. The molecule has 5 nitrogen and oxygen atoms in total. The summed E-state index contributed by atoms with van der Waals surface area (Å²) >= 11 is 1.49. The van der Waals surface area contributed by atoms with Gasteiger partial charge in [-0.15, -0.1) is 11.3 Å². The van der Waals surface area contributed by atoms with Crippen molar-refractivity contribution in [3.05, 3.63) is 75.7 Å². The second-order valence-electron chi connectivity index (χ2n) is 5.99. The van der Waals surface area contributed by atoms with Crippen LogP contribution in [0, 0.1) is 6.92 Å². The van der Waals surface area contributed by atoms with Gasteiger partial charge in [-0.1, -0.05) is 42.5 Å². The number of hydrogen-bond donors (Lipinski definition) is 2. The molecule has 0 radical (unpaired) electrons. The number of carboxylic acid groups (broad SMARTS) is 1. The number of hydrogen-bond acceptors (Lipinski definition) is 4. The zero-order valence-corrected chi connectivity index (χ0v) is 15.0. The Morgan fingerprint density at radius 3 is 2.62 bits per heavy atom. The van der Waals surface area contributed by atoms with Crippen LogP contribution in [0.4, 0.5) is 0 Å². The fraction of sp³-hybridized carbons (Fsp3) is 0.150. The van der Waals surface area contributed by atoms with Crippen LogP contribution in [0.1, 0.15) is 38.1 Å². The van der Waals surface area contributed by atoms with Crippen molar-refractivity contribution in [2.45, 2.75) is 19.3 Å². The molecule has 3 N–H and O–H groups in total. The second kappa shape index (κ2) is 7.49. The second-order valence-corrected chi connectivity index (χ2v) is 7.26. The fourth-order valence-electron chi connectivity index (χ4n) is 2.93. The average Bonchev–Trinajstić information content (AvgIpc) is 3.05. The number of amides is 1. The molecule has 1 amide bonds. The zero-order chi connectivity index (χ0) is 18.7. The molecule has 1 atom stereocenters. The van der Waals surface area contributed by atoms with Gasteiger partial charge in [-0.25, -0.2) is 4.98 Å². The van der Waals surface area contributed by atoms with Crippen molar-refractivity contribution in [1.29, 1.82) is 0 Å². The lowest BCUT2D eigenvalue weighted by Crippen LogP contribution is -2.12. The predicted octanol–water partition coefficient (Wildman–Crippen LogP) is 3.82. The highest BCUT2D eigenvalue weighted by Gasteiger charge is 2.22. The van der Waals surface area contributed by atoms with Crippen molar-refractivity contribution in [2.75, 3.05) is 0 Å². The number of aliphatic carboxylic acids is 1. The third-order valence-corrected chi connectivity index (χ3v) is 5.13. The lowest BCUT2D eigenvalue weighted by Gasteiger charge is -2.15. The van der Waals surface area contributed by atoms with Crippen LogP contribution in [-0.4, -0.2) is 22.0 Å². The molecule has 6 heteroatoms. The maximum atomic E-state index is 11.7. The Hall–Kier alpha value is -2.99. The summed E-state index contributed by atoms with van der Waals surface area (Å²) in [7, 11) is 0. The molecule has 1 aromatic heterocycles. The van der Waals surface area contributed by atoms with Gasteiger partial charge in [0.2, 0.25) is 5.91 Å². The third kappa shape index (κ3) is 3.81. The Bertz CT molecular complexity index is 965. The minimum absolute atomic E-state index is 0.0477. The number of nitrogens with two attached hydrogens (primary N) is 1. The minimum Gasteiger partial charge on any atom is -0.481 e. The summed E-state index contributed by atoms with van der Waals surface area (Å²) in [6.45, 7) is 1.94. The Kier molecular flexibility index (Phi) is 5.14. The summed E-state index contributed by atoms with van der Waals surface area (Å²) in [4.78, 5) is 28.5. The first-order valence-electron chi connectivity index (χ1n) is 8.09. The van der Waals surface area contributed by atoms with E-state index in [0.29, 0.717) is 5.56 Å². The van der Waals surface area contributed by atoms with Crippen LogP contribution >= 0.6 is 11.3 Å². The van der Waals surface area contributed by atoms with Crippen LogP contribution in [0.3, 0.4) is 0 Å². The molecule has 0 fully saturated rings. The van der Waals surface area contributed by atoms with Gasteiger partial charge < -0.3 is 10.8 Å². The first-order valence-corrected chi connectivity index (χ1v) is 8.90. The van der Waals surface area contributed by atoms with E-state index in [1.54, 1.807) is 18.3 Å². The molecule has 26 heavy (non-hydrogen) atoms. The van der Waals surface area contributed by atoms with E-state index in [4.69, 9.17) is 5.73 Å². The van der Waals surface area contributed by atoms with Gasteiger partial charge in [-0.3, -0.25) is 9.59 Å². The van der Waals surface area contributed by atoms with Crippen LogP contribution in [0.2, 0.25) is 0 Å². The number of thiazole rings is 1. The van der Waals surface area contributed by atoms with Crippen LogP contribution < -0.4 is 5.73 Å². The van der Waals surface area contributed by atoms with E-state index in [0.717, 1.165) is 26.6 Å². The highest BCUT2D eigenvalue weighted by atomic mass is 32.1. The van der Waals surface area contributed by atoms with Crippen LogP contribution in [0.25, 0.3) is 11.1 Å². The van der Waals surface area contributed by atoms with E-state index in [9.17, 15) is 14.7 Å². The number of carboxylic acids is 1. The molecule has 0 bridgehead atoms. The molecule has 1 heterocycles. The molecule has 1 unspecified atom stereocenters. The first-order chi connectivity index (χ1) is 12.5. The quantitative estimate of drug-likeness (QED) is 0.693. The van der Waals surface area contributed by atoms with Crippen molar-refractivity contribution >= 4 is 23.2 Å². The van der Waals surface area contributed by atoms with Crippen LogP contribution in [0.5, 0.6) is 0 Å². The minimum atomic E-state index is -0.884. The van der Waals surface area contributed by atoms with Crippen molar-refractivity contribution in [2.24, 2.45) is 5.73 Å². The molecule has 0 aliphatic heterocycles. The fourth-order valence-corrected chi connectivity index (χ4v) is 3.83. The summed E-state index contributed by atoms with van der Waals surface area (Å²) in [5.41, 5.74) is 8.31. The maximum Gasteiger partial charge on any atom is 0.304 e. The SMILES string of the molecule is Cc1cnc(C(CC(=O)O)c2cccc(-c3ccccc3C(N)=O)c2)s1. The number of aromatic nitrogens is 1. The van der Waals surface area contributed by atoms with Crippen molar-refractivity contribution < 1.29 is 14.7 Å². The van der Waals surface area contributed by atoms with Crippen molar-refractivity contribution in [1.82, 2.24) is 4.98 Å². The van der Waals surface area contributed by atoms with E-state index in [1.165, 1.54) is 11.3 Å². The van der Waals surface area contributed by atoms with Gasteiger partial charge in [0.25, 0.3) is 0 Å². The highest BCUT2D eigenvalue weighted by Crippen LogP contribution is 2.34. The maximum absolute atomic E-state index is 11.7. The topological polar surface area (TPSA) is 93.3 Å². The number of benzene rings is 2. The number of carbonyl (C=O) groups is 2. The van der Waals surface area contributed by atoms with Gasteiger partial charge in [-0.05, 0) is 29.7 Å². The number of nitrogens with zero attached hydrogens (tertiary/aromatic N) is 1. The number of rotatable bonds is 6. The molecular weight excluding hydrogens is 348 g/mol. The van der Waals surface area contributed by atoms with Crippen LogP contribution in [0.15, 0.2) is 54.7 Å². The Balaban J connectivity index is 2.07. The Morgan fingerprint density at radius 2 is 1.96 bits per heavy atom. The number of primary amides is 1. The highest BCUT2D eigenvalue weighted by molar-refractivity contribution is 7.11. The van der Waals surface area contributed by atoms with Gasteiger partial charge in [0, 0.05) is 22.6 Å². The van der Waals surface area contributed by atoms with E-state index < -0.39 is 11.9 Å². The molecule has 132 valence electrons. The predicted molar refractivity (Wildman–Crippen MR) is 101 cm³/mol. The molecule has 0 saturated carbocycles. The number of aryl methyl sites for hydroxylation is 1. The third-order valence-electron chi connectivity index (χ3n) is 4.11. The smallest absolute Gasteiger partial charge is 0.304 e. The first kappa shape index (κ1) is 17.8. The summed E-state index contributed by atoms with van der Waals surface area (Å²) in [5, 5.41) is 10.1. The molecule has 3 aromatic rings. The van der Waals surface area contributed by atoms with Gasteiger partial charge in [0.1, 0.15) is 5.01 Å². The molecule has 2 aromatic carbocycles. The Labute approximate surface area is 155 Å². The summed E-state index contributed by atoms with van der Waals surface area (Å²) < 4.78 is 0. The number of carbonyl (C=O) groups excluding carboxylic acids is 1. The van der Waals surface area contributed by atoms with E-state index in [-0.39, 0.29) is 12.3 Å². The van der Waals surface area contributed by atoms with Gasteiger partial charge >= 0.3 is 5.97 Å². The van der Waals surface area contributed by atoms with Crippen molar-refractivity contribution in [3.63, 3.8) is 0 Å². The molecule has 3 rings (SSSR count). The van der Waals surface area contributed by atoms with E-state index in [1.807, 2.05) is 43.3 Å². The van der Waals surface area contributed by atoms with Gasteiger partial charge in [0.15, 0.2) is 0 Å². The molecule has 0 aliphatic carbocycles. The molecule has 0 aliphatic rings. The molecular formula is C20H18N2O3S. The van der Waals surface area contributed by atoms with Crippen molar-refractivity contribution in [3.8, 4) is 11.1 Å². The van der Waals surface area contributed by atoms with E-state index >= 15 is 0 Å². The molecule has 0 saturated heterocycles. The largest absolute Gasteiger partial charge is 0.481 e. The van der Waals surface area contributed by atoms with E-state index in [2.05, 4.69) is 4.98 Å². The standard InChI is InChI=1S/C20H18N2O3S/c1-12-11-22-20(26-12)17(10-18(23)24)14-6-4-5-13(9-14)15-7-2-3-8-16(15)19(21)25/h2-9,11,17H,10H2,1H3,(H2,21,25)(H,23,24). The average molecular weight is 366 g/mol. The molecule has 0 spiro atoms. The summed E-state index contributed by atoms with van der Waals surface area (Å²) in [6, 6.07) is 14.7. The van der Waals surface area contributed by atoms with Gasteiger partial charge in [-0.2, -0.15) is 0 Å². The monoisotopic (exact) mass is 366 g/mol. The lowest BCUT2D eigenvalue weighted by molar-refractivity contribution is -0.137.